The van der Waals surface area contributed by atoms with Crippen LogP contribution < -0.4 is 27.4 Å². The Balaban J connectivity index is 0.00000368. The van der Waals surface area contributed by atoms with Crippen molar-refractivity contribution in [3.63, 3.8) is 0 Å². The predicted octanol–water partition coefficient (Wildman–Crippen LogP) is 1.39. The van der Waals surface area contributed by atoms with Crippen molar-refractivity contribution >= 4 is 28.8 Å². The lowest BCUT2D eigenvalue weighted by molar-refractivity contribution is -0.662. The molecule has 3 aliphatic rings. The number of halogens is 1. The van der Waals surface area contributed by atoms with E-state index >= 15 is 0 Å². The Morgan fingerprint density at radius 1 is 1.00 bits per heavy atom. The first kappa shape index (κ1) is 31.4. The SMILES string of the molecule is CC(C)(Oc1cccc(N2CCC[C@@H](C(=O)N(Cc3ccc(-c4ccsc4)cc3)C3CC3)C2)c1)C(=O)N1CC[NH2+]CC1.[Cl-]. The fraction of sp³-hybridized carbons (Fsp3) is 0.471. The number of ether oxygens (including phenoxy) is 1. The van der Waals surface area contributed by atoms with Gasteiger partial charge >= 0.3 is 0 Å². The number of anilines is 1. The fourth-order valence-corrected chi connectivity index (χ4v) is 6.93. The molecule has 7 nitrogen and oxygen atoms in total. The molecule has 0 spiro atoms. The van der Waals surface area contributed by atoms with Crippen LogP contribution in [0.25, 0.3) is 11.1 Å². The minimum atomic E-state index is -0.941. The van der Waals surface area contributed by atoms with Gasteiger partial charge in [0, 0.05) is 37.4 Å². The molecule has 3 fully saturated rings. The van der Waals surface area contributed by atoms with E-state index in [1.807, 2.05) is 36.9 Å². The zero-order chi connectivity index (χ0) is 29.1. The average Bonchev–Trinajstić information content (AvgIpc) is 3.72. The molecule has 0 unspecified atom stereocenters. The zero-order valence-corrected chi connectivity index (χ0v) is 26.8. The lowest BCUT2D eigenvalue weighted by Gasteiger charge is -2.37. The van der Waals surface area contributed by atoms with E-state index in [1.54, 1.807) is 11.3 Å². The third kappa shape index (κ3) is 7.54. The number of carbonyl (C=O) groups is 2. The van der Waals surface area contributed by atoms with Crippen molar-refractivity contribution < 1.29 is 32.0 Å². The third-order valence-corrected chi connectivity index (χ3v) is 9.45. The highest BCUT2D eigenvalue weighted by atomic mass is 35.5. The van der Waals surface area contributed by atoms with Gasteiger partial charge in [-0.05, 0) is 85.2 Å². The number of nitrogens with zero attached hydrogens (tertiary/aromatic N) is 3. The number of piperazine rings is 1. The van der Waals surface area contributed by atoms with E-state index in [2.05, 4.69) is 62.3 Å². The van der Waals surface area contributed by atoms with Crippen molar-refractivity contribution in [2.24, 2.45) is 5.92 Å². The summed E-state index contributed by atoms with van der Waals surface area (Å²) in [5.74, 6) is 0.976. The van der Waals surface area contributed by atoms with Crippen LogP contribution >= 0.6 is 11.3 Å². The van der Waals surface area contributed by atoms with E-state index in [0.717, 1.165) is 64.1 Å². The Hall–Kier alpha value is -3.07. The second-order valence-electron chi connectivity index (χ2n) is 12.5. The summed E-state index contributed by atoms with van der Waals surface area (Å²) in [6.45, 7) is 9.39. The minimum Gasteiger partial charge on any atom is -1.00 e. The average molecular weight is 623 g/mol. The summed E-state index contributed by atoms with van der Waals surface area (Å²) in [6.07, 6.45) is 4.09. The molecule has 1 aromatic heterocycles. The molecule has 3 heterocycles. The number of thiophene rings is 1. The number of amides is 2. The van der Waals surface area contributed by atoms with Crippen LogP contribution in [-0.4, -0.2) is 72.5 Å². The molecule has 2 saturated heterocycles. The van der Waals surface area contributed by atoms with Crippen LogP contribution in [0.15, 0.2) is 65.4 Å². The number of nitrogens with two attached hydrogens (primary N) is 1. The second kappa shape index (κ2) is 13.7. The highest BCUT2D eigenvalue weighted by Gasteiger charge is 2.38. The Kier molecular flexibility index (Phi) is 9.99. The Morgan fingerprint density at radius 2 is 1.77 bits per heavy atom. The zero-order valence-electron chi connectivity index (χ0n) is 25.2. The van der Waals surface area contributed by atoms with Gasteiger partial charge in [0.2, 0.25) is 5.91 Å². The molecule has 0 radical (unpaired) electrons. The molecule has 9 heteroatoms. The maximum absolute atomic E-state index is 13.9. The maximum atomic E-state index is 13.9. The van der Waals surface area contributed by atoms with E-state index in [-0.39, 0.29) is 30.1 Å². The number of quaternary nitrogens is 1. The van der Waals surface area contributed by atoms with Crippen molar-refractivity contribution in [3.8, 4) is 16.9 Å². The molecule has 6 rings (SSSR count). The lowest BCUT2D eigenvalue weighted by Crippen LogP contribution is -3.00. The molecule has 2 aromatic carbocycles. The van der Waals surface area contributed by atoms with Gasteiger partial charge in [0.25, 0.3) is 5.91 Å². The molecule has 230 valence electrons. The van der Waals surface area contributed by atoms with Crippen LogP contribution in [0.1, 0.15) is 45.1 Å². The third-order valence-electron chi connectivity index (χ3n) is 8.77. The normalized spacial score (nSPS) is 19.0. The summed E-state index contributed by atoms with van der Waals surface area (Å²) >= 11 is 1.71. The van der Waals surface area contributed by atoms with Crippen molar-refractivity contribution in [1.29, 1.82) is 0 Å². The molecule has 43 heavy (non-hydrogen) atoms. The first-order chi connectivity index (χ1) is 20.4. The number of piperidine rings is 1. The number of carbonyl (C=O) groups excluding carboxylic acids is 2. The van der Waals surface area contributed by atoms with Crippen molar-refractivity contribution in [3.05, 3.63) is 70.9 Å². The lowest BCUT2D eigenvalue weighted by atomic mass is 9.95. The topological polar surface area (TPSA) is 69.7 Å². The molecular formula is C34H43ClN4O3S. The maximum Gasteiger partial charge on any atom is 0.266 e. The molecule has 3 aromatic rings. The molecule has 0 bridgehead atoms. The van der Waals surface area contributed by atoms with Crippen LogP contribution in [0.2, 0.25) is 0 Å². The van der Waals surface area contributed by atoms with Gasteiger partial charge in [-0.3, -0.25) is 9.59 Å². The van der Waals surface area contributed by atoms with Gasteiger partial charge in [-0.25, -0.2) is 0 Å². The summed E-state index contributed by atoms with van der Waals surface area (Å²) in [6, 6.07) is 19.2. The standard InChI is InChI=1S/C34H42N4O3S.ClH/c1-34(2,33(40)36-18-15-35-16-19-36)41-31-7-3-6-30(21-31)37-17-4-5-27(23-37)32(39)38(29-12-13-29)22-25-8-10-26(11-9-25)28-14-20-42-24-28;/h3,6-11,14,20-21,24,27,29,35H,4-5,12-13,15-19,22-23H2,1-2H3;1H/t27-;/m1./s1. The van der Waals surface area contributed by atoms with E-state index in [0.29, 0.717) is 24.9 Å². The van der Waals surface area contributed by atoms with Crippen LogP contribution in [0.5, 0.6) is 5.75 Å². The summed E-state index contributed by atoms with van der Waals surface area (Å²) in [4.78, 5) is 33.5. The van der Waals surface area contributed by atoms with Gasteiger partial charge in [0.1, 0.15) is 5.75 Å². The molecule has 1 saturated carbocycles. The van der Waals surface area contributed by atoms with E-state index in [1.165, 1.54) is 16.7 Å². The van der Waals surface area contributed by atoms with Gasteiger partial charge < -0.3 is 37.2 Å². The van der Waals surface area contributed by atoms with Crippen molar-refractivity contribution in [1.82, 2.24) is 9.80 Å². The Morgan fingerprint density at radius 3 is 2.47 bits per heavy atom. The highest BCUT2D eigenvalue weighted by Crippen LogP contribution is 2.34. The molecule has 1 aliphatic carbocycles. The Bertz CT molecular complexity index is 1370. The van der Waals surface area contributed by atoms with Crippen LogP contribution in [0.3, 0.4) is 0 Å². The van der Waals surface area contributed by atoms with Gasteiger partial charge in [-0.15, -0.1) is 0 Å². The van der Waals surface area contributed by atoms with E-state index in [4.69, 9.17) is 4.74 Å². The smallest absolute Gasteiger partial charge is 0.266 e. The first-order valence-electron chi connectivity index (χ1n) is 15.4. The fourth-order valence-electron chi connectivity index (χ4n) is 6.27. The van der Waals surface area contributed by atoms with Gasteiger partial charge in [-0.2, -0.15) is 11.3 Å². The number of hydrogen-bond acceptors (Lipinski definition) is 5. The van der Waals surface area contributed by atoms with E-state index < -0.39 is 5.60 Å². The summed E-state index contributed by atoms with van der Waals surface area (Å²) in [5, 5.41) is 6.51. The molecule has 1 atom stereocenters. The van der Waals surface area contributed by atoms with Crippen molar-refractivity contribution in [2.75, 3.05) is 44.2 Å². The molecule has 2 N–H and O–H groups in total. The van der Waals surface area contributed by atoms with Gasteiger partial charge in [0.05, 0.1) is 32.1 Å². The monoisotopic (exact) mass is 622 g/mol. The van der Waals surface area contributed by atoms with E-state index in [9.17, 15) is 9.59 Å². The number of benzene rings is 2. The van der Waals surface area contributed by atoms with Gasteiger partial charge in [-0.1, -0.05) is 30.3 Å². The first-order valence-corrected chi connectivity index (χ1v) is 16.4. The summed E-state index contributed by atoms with van der Waals surface area (Å²) < 4.78 is 6.30. The van der Waals surface area contributed by atoms with Crippen LogP contribution in [0, 0.1) is 5.92 Å². The minimum absolute atomic E-state index is 0. The Labute approximate surface area is 265 Å². The molecule has 2 aliphatic heterocycles. The largest absolute Gasteiger partial charge is 1.00 e. The number of rotatable bonds is 9. The van der Waals surface area contributed by atoms with Crippen LogP contribution in [0.4, 0.5) is 5.69 Å². The quantitative estimate of drug-likeness (QED) is 0.392. The predicted molar refractivity (Wildman–Crippen MR) is 168 cm³/mol. The number of hydrogen-bond donors (Lipinski definition) is 1. The van der Waals surface area contributed by atoms with Gasteiger partial charge in [0.15, 0.2) is 5.60 Å². The molecular weight excluding hydrogens is 580 g/mol. The summed E-state index contributed by atoms with van der Waals surface area (Å²) in [5.41, 5.74) is 3.75. The summed E-state index contributed by atoms with van der Waals surface area (Å²) in [7, 11) is 0. The van der Waals surface area contributed by atoms with Crippen LogP contribution in [-0.2, 0) is 16.1 Å². The molecule has 2 amide bonds. The highest BCUT2D eigenvalue weighted by molar-refractivity contribution is 7.08. The van der Waals surface area contributed by atoms with Crippen molar-refractivity contribution in [2.45, 2.75) is 57.7 Å². The second-order valence-corrected chi connectivity index (χ2v) is 13.2.